The summed E-state index contributed by atoms with van der Waals surface area (Å²) in [5, 5.41) is 9.59. The number of thioether (sulfide) groups is 2. The first-order valence-corrected chi connectivity index (χ1v) is 16.1. The summed E-state index contributed by atoms with van der Waals surface area (Å²) in [6.45, 7) is 3.95. The van der Waals surface area contributed by atoms with Crippen LogP contribution in [0.3, 0.4) is 0 Å². The second-order valence-corrected chi connectivity index (χ2v) is 12.4. The molecule has 0 fully saturated rings. The topological polar surface area (TPSA) is 113 Å². The Hall–Kier alpha value is -3.64. The Morgan fingerprint density at radius 3 is 2.48 bits per heavy atom. The highest BCUT2D eigenvalue weighted by Crippen LogP contribution is 2.29. The molecule has 4 aromatic rings. The van der Waals surface area contributed by atoms with Crippen molar-refractivity contribution in [3.05, 3.63) is 101 Å². The molecule has 0 spiro atoms. The first-order valence-electron chi connectivity index (χ1n) is 13.0. The molecule has 0 aliphatic heterocycles. The number of benzene rings is 3. The maximum absolute atomic E-state index is 13.4. The summed E-state index contributed by atoms with van der Waals surface area (Å²) in [6, 6.07) is 22.8. The van der Waals surface area contributed by atoms with Gasteiger partial charge in [0.15, 0.2) is 0 Å². The zero-order valence-electron chi connectivity index (χ0n) is 22.8. The fourth-order valence-electron chi connectivity index (χ4n) is 3.66. The minimum absolute atomic E-state index is 0.0264. The van der Waals surface area contributed by atoms with Crippen molar-refractivity contribution in [3.63, 3.8) is 0 Å². The highest BCUT2D eigenvalue weighted by atomic mass is 35.5. The number of nitrogens with zero attached hydrogens (tertiary/aromatic N) is 2. The summed E-state index contributed by atoms with van der Waals surface area (Å²) < 4.78 is 4.24. The predicted octanol–water partition coefficient (Wildman–Crippen LogP) is 7.22. The van der Waals surface area contributed by atoms with Gasteiger partial charge in [-0.15, -0.1) is 11.8 Å². The summed E-state index contributed by atoms with van der Waals surface area (Å²) in [7, 11) is 0. The van der Waals surface area contributed by atoms with Gasteiger partial charge >= 0.3 is 0 Å². The molecule has 0 aliphatic carbocycles. The molecule has 8 nitrogen and oxygen atoms in total. The van der Waals surface area contributed by atoms with Crippen molar-refractivity contribution in [1.82, 2.24) is 14.7 Å². The van der Waals surface area contributed by atoms with Crippen molar-refractivity contribution >= 4 is 81.3 Å². The van der Waals surface area contributed by atoms with E-state index < -0.39 is 11.8 Å². The second-order valence-electron chi connectivity index (χ2n) is 8.70. The van der Waals surface area contributed by atoms with Crippen molar-refractivity contribution in [2.24, 2.45) is 0 Å². The predicted molar refractivity (Wildman–Crippen MR) is 173 cm³/mol. The molecule has 1 heterocycles. The van der Waals surface area contributed by atoms with Crippen LogP contribution in [0.4, 0.5) is 10.8 Å². The molecule has 0 bridgehead atoms. The van der Waals surface area contributed by atoms with Gasteiger partial charge in [-0.3, -0.25) is 19.7 Å². The number of carbonyl (C=O) groups is 3. The van der Waals surface area contributed by atoms with Crippen LogP contribution in [0.25, 0.3) is 6.08 Å². The van der Waals surface area contributed by atoms with Crippen molar-refractivity contribution in [2.75, 3.05) is 16.4 Å². The molecular formula is C30H28ClN5O3S3. The molecule has 4 rings (SSSR count). The molecule has 1 atom stereocenters. The molecule has 12 heteroatoms. The quantitative estimate of drug-likeness (QED) is 0.111. The van der Waals surface area contributed by atoms with Crippen molar-refractivity contribution in [3.8, 4) is 0 Å². The van der Waals surface area contributed by atoms with E-state index in [4.69, 9.17) is 11.6 Å². The number of halogens is 1. The van der Waals surface area contributed by atoms with Crippen LogP contribution in [0.15, 0.2) is 94.6 Å². The zero-order valence-corrected chi connectivity index (χ0v) is 26.0. The maximum Gasteiger partial charge on any atom is 0.272 e. The van der Waals surface area contributed by atoms with Gasteiger partial charge < -0.3 is 10.6 Å². The monoisotopic (exact) mass is 637 g/mol. The number of rotatable bonds is 12. The maximum atomic E-state index is 13.4. The van der Waals surface area contributed by atoms with Gasteiger partial charge in [0.05, 0.1) is 5.25 Å². The molecular weight excluding hydrogens is 610 g/mol. The number of amides is 3. The first kappa shape index (κ1) is 31.3. The molecule has 0 radical (unpaired) electrons. The molecule has 42 heavy (non-hydrogen) atoms. The van der Waals surface area contributed by atoms with Crippen LogP contribution in [0.1, 0.15) is 36.2 Å². The van der Waals surface area contributed by atoms with Gasteiger partial charge in [0.2, 0.25) is 16.2 Å². The van der Waals surface area contributed by atoms with Gasteiger partial charge in [-0.2, -0.15) is 9.36 Å². The fourth-order valence-corrected chi connectivity index (χ4v) is 6.13. The number of hydrogen-bond acceptors (Lipinski definition) is 8. The lowest BCUT2D eigenvalue weighted by molar-refractivity contribution is -0.116. The van der Waals surface area contributed by atoms with E-state index >= 15 is 0 Å². The number of carbonyl (C=O) groups excluding carboxylic acids is 3. The van der Waals surface area contributed by atoms with Crippen LogP contribution < -0.4 is 16.0 Å². The average Bonchev–Trinajstić information content (AvgIpc) is 3.43. The van der Waals surface area contributed by atoms with E-state index in [9.17, 15) is 14.4 Å². The zero-order chi connectivity index (χ0) is 29.9. The lowest BCUT2D eigenvalue weighted by Crippen LogP contribution is -2.30. The number of hydrogen-bond donors (Lipinski definition) is 3. The minimum Gasteiger partial charge on any atom is -0.321 e. The third-order valence-corrected chi connectivity index (χ3v) is 8.86. The minimum atomic E-state index is -0.525. The molecule has 3 N–H and O–H groups in total. The number of anilines is 2. The fraction of sp³-hybridized carbons (Fsp3) is 0.167. The Bertz CT molecular complexity index is 1580. The van der Waals surface area contributed by atoms with Crippen molar-refractivity contribution in [2.45, 2.75) is 35.6 Å². The number of nitrogens with one attached hydrogen (secondary N) is 3. The van der Waals surface area contributed by atoms with Gasteiger partial charge in [-0.05, 0) is 60.2 Å². The smallest absolute Gasteiger partial charge is 0.272 e. The van der Waals surface area contributed by atoms with Crippen LogP contribution in [0.5, 0.6) is 0 Å². The van der Waals surface area contributed by atoms with Crippen LogP contribution >= 0.6 is 46.7 Å². The normalized spacial score (nSPS) is 11.9. The molecule has 216 valence electrons. The van der Waals surface area contributed by atoms with Crippen LogP contribution in [-0.4, -0.2) is 38.1 Å². The highest BCUT2D eigenvalue weighted by molar-refractivity contribution is 8.00. The molecule has 0 aliphatic rings. The Morgan fingerprint density at radius 2 is 1.74 bits per heavy atom. The van der Waals surface area contributed by atoms with Gasteiger partial charge in [-0.1, -0.05) is 79.7 Å². The summed E-state index contributed by atoms with van der Waals surface area (Å²) >= 11 is 10.4. The summed E-state index contributed by atoms with van der Waals surface area (Å²) in [5.74, 6) is -0.278. The molecule has 1 unspecified atom stereocenters. The van der Waals surface area contributed by atoms with Crippen molar-refractivity contribution < 1.29 is 14.4 Å². The Balaban J connectivity index is 1.48. The SMILES string of the molecule is CCSc1nsc(NC(=O)C(CC)Sc2cccc(NC(=O)/C(=C\c3ccccc3Cl)NC(=O)c3ccccc3)c2)n1. The lowest BCUT2D eigenvalue weighted by Gasteiger charge is -2.15. The summed E-state index contributed by atoms with van der Waals surface area (Å²) in [6.07, 6.45) is 2.12. The third-order valence-electron chi connectivity index (χ3n) is 5.68. The van der Waals surface area contributed by atoms with Gasteiger partial charge in [-0.25, -0.2) is 0 Å². The third kappa shape index (κ3) is 8.93. The molecule has 3 aromatic carbocycles. The second kappa shape index (κ2) is 15.5. The molecule has 1 aromatic heterocycles. The van der Waals surface area contributed by atoms with E-state index in [2.05, 4.69) is 25.3 Å². The summed E-state index contributed by atoms with van der Waals surface area (Å²) in [4.78, 5) is 44.4. The molecule has 3 amide bonds. The molecule has 0 saturated heterocycles. The van der Waals surface area contributed by atoms with Gasteiger partial charge in [0.25, 0.3) is 11.8 Å². The average molecular weight is 638 g/mol. The van der Waals surface area contributed by atoms with Crippen LogP contribution in [-0.2, 0) is 9.59 Å². The van der Waals surface area contributed by atoms with E-state index in [-0.39, 0.29) is 16.9 Å². The highest BCUT2D eigenvalue weighted by Gasteiger charge is 2.21. The van der Waals surface area contributed by atoms with E-state index in [1.165, 1.54) is 29.6 Å². The Kier molecular flexibility index (Phi) is 11.6. The Labute approximate surface area is 261 Å². The molecule has 0 saturated carbocycles. The lowest BCUT2D eigenvalue weighted by atomic mass is 10.1. The first-order chi connectivity index (χ1) is 20.4. The van der Waals surface area contributed by atoms with E-state index in [0.717, 1.165) is 22.2 Å². The number of aromatic nitrogens is 2. The Morgan fingerprint density at radius 1 is 0.976 bits per heavy atom. The van der Waals surface area contributed by atoms with E-state index in [1.807, 2.05) is 19.9 Å². The van der Waals surface area contributed by atoms with E-state index in [1.54, 1.807) is 72.8 Å². The largest absolute Gasteiger partial charge is 0.321 e. The van der Waals surface area contributed by atoms with Crippen molar-refractivity contribution in [1.29, 1.82) is 0 Å². The van der Waals surface area contributed by atoms with Crippen LogP contribution in [0.2, 0.25) is 5.02 Å². The standard InChI is InChI=1S/C30H28ClN5O3S3/c1-3-25(28(39)34-29-35-30(36-42-29)40-4-2)41-22-15-10-14-21(18-22)32-27(38)24(17-20-13-8-9-16-23(20)31)33-26(37)19-11-6-5-7-12-19/h5-18,25H,3-4H2,1-2H3,(H,32,38)(H,33,37)(H,34,35,36,39)/b24-17+. The van der Waals surface area contributed by atoms with Gasteiger partial charge in [0.1, 0.15) is 5.70 Å². The van der Waals surface area contributed by atoms with Gasteiger partial charge in [0, 0.05) is 32.7 Å². The van der Waals surface area contributed by atoms with E-state index in [0.29, 0.717) is 38.5 Å². The summed E-state index contributed by atoms with van der Waals surface area (Å²) in [5.41, 5.74) is 1.52. The van der Waals surface area contributed by atoms with Crippen LogP contribution in [0, 0.1) is 0 Å².